The highest BCUT2D eigenvalue weighted by Gasteiger charge is 2.09. The Labute approximate surface area is 129 Å². The van der Waals surface area contributed by atoms with Gasteiger partial charge in [-0.1, -0.05) is 6.07 Å². The minimum absolute atomic E-state index is 0.338. The zero-order valence-electron chi connectivity index (χ0n) is 11.1. The highest BCUT2D eigenvalue weighted by Crippen LogP contribution is 2.33. The van der Waals surface area contributed by atoms with Crippen LogP contribution in [-0.2, 0) is 0 Å². The Kier molecular flexibility index (Phi) is 3.75. The zero-order chi connectivity index (χ0) is 14.8. The highest BCUT2D eigenvalue weighted by molar-refractivity contribution is 9.10. The summed E-state index contributed by atoms with van der Waals surface area (Å²) in [6.45, 7) is 0. The summed E-state index contributed by atoms with van der Waals surface area (Å²) in [5, 5.41) is 1.74. The molecule has 1 aromatic heterocycles. The summed E-state index contributed by atoms with van der Waals surface area (Å²) >= 11 is 3.14. The molecule has 0 unspecified atom stereocenters. The van der Waals surface area contributed by atoms with Gasteiger partial charge in [-0.2, -0.15) is 0 Å². The van der Waals surface area contributed by atoms with Crippen molar-refractivity contribution in [3.63, 3.8) is 0 Å². The molecule has 21 heavy (non-hydrogen) atoms. The van der Waals surface area contributed by atoms with Crippen molar-refractivity contribution in [2.45, 2.75) is 0 Å². The molecule has 0 spiro atoms. The molecule has 0 aliphatic rings. The number of hydrogen-bond donors (Lipinski definition) is 0. The van der Waals surface area contributed by atoms with Crippen molar-refractivity contribution in [1.82, 2.24) is 4.98 Å². The van der Waals surface area contributed by atoms with E-state index in [1.807, 2.05) is 24.3 Å². The van der Waals surface area contributed by atoms with Gasteiger partial charge in [-0.05, 0) is 52.3 Å². The SMILES string of the molecule is COc1cccc2c(Oc3ccc(F)c(Br)c3)nccc12. The van der Waals surface area contributed by atoms with E-state index in [4.69, 9.17) is 9.47 Å². The number of ether oxygens (including phenoxy) is 2. The van der Waals surface area contributed by atoms with Crippen LogP contribution in [0.15, 0.2) is 53.1 Å². The van der Waals surface area contributed by atoms with Crippen LogP contribution in [-0.4, -0.2) is 12.1 Å². The van der Waals surface area contributed by atoms with E-state index in [2.05, 4.69) is 20.9 Å². The topological polar surface area (TPSA) is 31.4 Å². The Bertz CT molecular complexity index is 807. The van der Waals surface area contributed by atoms with Gasteiger partial charge in [0.25, 0.3) is 0 Å². The van der Waals surface area contributed by atoms with Crippen LogP contribution in [0.1, 0.15) is 0 Å². The molecule has 1 heterocycles. The lowest BCUT2D eigenvalue weighted by Crippen LogP contribution is -1.92. The van der Waals surface area contributed by atoms with Gasteiger partial charge in [0.1, 0.15) is 17.3 Å². The summed E-state index contributed by atoms with van der Waals surface area (Å²) in [5.41, 5.74) is 0. The quantitative estimate of drug-likeness (QED) is 0.672. The van der Waals surface area contributed by atoms with E-state index in [1.54, 1.807) is 25.4 Å². The first-order chi connectivity index (χ1) is 10.2. The van der Waals surface area contributed by atoms with E-state index < -0.39 is 0 Å². The third-order valence-electron chi connectivity index (χ3n) is 3.06. The Morgan fingerprint density at radius 3 is 2.71 bits per heavy atom. The smallest absolute Gasteiger partial charge is 0.227 e. The van der Waals surface area contributed by atoms with Crippen molar-refractivity contribution in [2.75, 3.05) is 7.11 Å². The fourth-order valence-corrected chi connectivity index (χ4v) is 2.42. The Balaban J connectivity index is 2.06. The molecular weight excluding hydrogens is 337 g/mol. The number of rotatable bonds is 3. The molecule has 0 amide bonds. The summed E-state index contributed by atoms with van der Waals surface area (Å²) in [6.07, 6.45) is 1.65. The van der Waals surface area contributed by atoms with E-state index in [1.165, 1.54) is 6.07 Å². The van der Waals surface area contributed by atoms with Gasteiger partial charge >= 0.3 is 0 Å². The average molecular weight is 348 g/mol. The highest BCUT2D eigenvalue weighted by atomic mass is 79.9. The van der Waals surface area contributed by atoms with Crippen LogP contribution < -0.4 is 9.47 Å². The third kappa shape index (κ3) is 2.69. The molecule has 3 nitrogen and oxygen atoms in total. The fraction of sp³-hybridized carbons (Fsp3) is 0.0625. The normalized spacial score (nSPS) is 10.6. The Morgan fingerprint density at radius 2 is 1.95 bits per heavy atom. The predicted octanol–water partition coefficient (Wildman–Crippen LogP) is 4.94. The Morgan fingerprint density at radius 1 is 1.10 bits per heavy atom. The van der Waals surface area contributed by atoms with Crippen molar-refractivity contribution >= 4 is 26.7 Å². The predicted molar refractivity (Wildman–Crippen MR) is 82.5 cm³/mol. The maximum atomic E-state index is 13.3. The minimum Gasteiger partial charge on any atom is -0.496 e. The van der Waals surface area contributed by atoms with Crippen LogP contribution in [0, 0.1) is 5.82 Å². The van der Waals surface area contributed by atoms with Gasteiger partial charge in [0, 0.05) is 17.0 Å². The van der Waals surface area contributed by atoms with Gasteiger partial charge < -0.3 is 9.47 Å². The Hall–Kier alpha value is -2.14. The first kappa shape index (κ1) is 13.8. The second-order valence-corrected chi connectivity index (χ2v) is 5.20. The molecule has 0 radical (unpaired) electrons. The number of fused-ring (bicyclic) bond motifs is 1. The lowest BCUT2D eigenvalue weighted by atomic mass is 10.1. The largest absolute Gasteiger partial charge is 0.496 e. The number of hydrogen-bond acceptors (Lipinski definition) is 3. The summed E-state index contributed by atoms with van der Waals surface area (Å²) in [4.78, 5) is 4.24. The third-order valence-corrected chi connectivity index (χ3v) is 3.66. The van der Waals surface area contributed by atoms with E-state index in [-0.39, 0.29) is 5.82 Å². The maximum Gasteiger partial charge on any atom is 0.227 e. The number of nitrogens with zero attached hydrogens (tertiary/aromatic N) is 1. The van der Waals surface area contributed by atoms with Gasteiger partial charge in [-0.15, -0.1) is 0 Å². The van der Waals surface area contributed by atoms with Crippen LogP contribution in [0.4, 0.5) is 4.39 Å². The monoisotopic (exact) mass is 347 g/mol. The maximum absolute atomic E-state index is 13.3. The molecule has 0 N–H and O–H groups in total. The fourth-order valence-electron chi connectivity index (χ4n) is 2.06. The molecule has 0 fully saturated rings. The number of aromatic nitrogens is 1. The second-order valence-electron chi connectivity index (χ2n) is 4.35. The number of benzene rings is 2. The van der Waals surface area contributed by atoms with Gasteiger partial charge in [0.05, 0.1) is 11.6 Å². The van der Waals surface area contributed by atoms with Crippen molar-refractivity contribution in [2.24, 2.45) is 0 Å². The standard InChI is InChI=1S/C16H11BrFNO2/c1-20-15-4-2-3-12-11(15)7-8-19-16(12)21-10-5-6-14(18)13(17)9-10/h2-9H,1H3. The number of halogens is 2. The van der Waals surface area contributed by atoms with Crippen LogP contribution in [0.25, 0.3) is 10.8 Å². The number of methoxy groups -OCH3 is 1. The van der Waals surface area contributed by atoms with E-state index in [0.717, 1.165) is 16.5 Å². The summed E-state index contributed by atoms with van der Waals surface area (Å²) < 4.78 is 24.7. The van der Waals surface area contributed by atoms with Crippen LogP contribution in [0.3, 0.4) is 0 Å². The first-order valence-corrected chi connectivity index (χ1v) is 7.03. The molecular formula is C16H11BrFNO2. The van der Waals surface area contributed by atoms with Crippen molar-refractivity contribution in [1.29, 1.82) is 0 Å². The van der Waals surface area contributed by atoms with Gasteiger partial charge in [-0.25, -0.2) is 9.37 Å². The first-order valence-electron chi connectivity index (χ1n) is 6.23. The van der Waals surface area contributed by atoms with Crippen molar-refractivity contribution in [3.05, 3.63) is 59.0 Å². The van der Waals surface area contributed by atoms with Crippen molar-refractivity contribution < 1.29 is 13.9 Å². The van der Waals surface area contributed by atoms with Crippen molar-refractivity contribution in [3.8, 4) is 17.4 Å². The van der Waals surface area contributed by atoms with Gasteiger partial charge in [0.15, 0.2) is 0 Å². The lowest BCUT2D eigenvalue weighted by Gasteiger charge is -2.10. The van der Waals surface area contributed by atoms with Crippen LogP contribution in [0.5, 0.6) is 17.4 Å². The molecule has 106 valence electrons. The molecule has 0 aliphatic carbocycles. The number of pyridine rings is 1. The summed E-state index contributed by atoms with van der Waals surface area (Å²) in [5.74, 6) is 1.37. The minimum atomic E-state index is -0.338. The molecule has 5 heteroatoms. The average Bonchev–Trinajstić information content (AvgIpc) is 2.51. The van der Waals surface area contributed by atoms with Gasteiger partial charge in [-0.3, -0.25) is 0 Å². The zero-order valence-corrected chi connectivity index (χ0v) is 12.7. The molecule has 0 saturated heterocycles. The molecule has 0 bridgehead atoms. The molecule has 3 aromatic rings. The second kappa shape index (κ2) is 5.69. The van der Waals surface area contributed by atoms with E-state index >= 15 is 0 Å². The summed E-state index contributed by atoms with van der Waals surface area (Å²) in [7, 11) is 1.62. The van der Waals surface area contributed by atoms with E-state index in [9.17, 15) is 4.39 Å². The summed E-state index contributed by atoms with van der Waals surface area (Å²) in [6, 6.07) is 12.0. The molecule has 0 atom stereocenters. The van der Waals surface area contributed by atoms with Gasteiger partial charge in [0.2, 0.25) is 5.88 Å². The molecule has 3 rings (SSSR count). The molecule has 0 aliphatic heterocycles. The van der Waals surface area contributed by atoms with Crippen LogP contribution in [0.2, 0.25) is 0 Å². The molecule has 2 aromatic carbocycles. The molecule has 0 saturated carbocycles. The van der Waals surface area contributed by atoms with Crippen LogP contribution >= 0.6 is 15.9 Å². The lowest BCUT2D eigenvalue weighted by molar-refractivity contribution is 0.419. The van der Waals surface area contributed by atoms with E-state index in [0.29, 0.717) is 16.1 Å².